The van der Waals surface area contributed by atoms with Crippen LogP contribution in [0.25, 0.3) is 11.0 Å². The zero-order valence-electron chi connectivity index (χ0n) is 5.20. The van der Waals surface area contributed by atoms with E-state index < -0.39 is 0 Å². The van der Waals surface area contributed by atoms with E-state index in [2.05, 4.69) is 15.2 Å². The summed E-state index contributed by atoms with van der Waals surface area (Å²) < 4.78 is 0. The first kappa shape index (κ1) is 7.65. The standard InChI is InChI=1S/C6H5N3.Pb/c1-2-5-4-8-9-6(5)7-3-1;/h1-4H,(H,7,8,9);. The Bertz CT molecular complexity index is 287. The van der Waals surface area contributed by atoms with E-state index in [1.165, 1.54) is 0 Å². The van der Waals surface area contributed by atoms with Crippen LogP contribution in [0, 0.1) is 0 Å². The minimum atomic E-state index is 0. The maximum atomic E-state index is 4.02. The minimum absolute atomic E-state index is 0. The van der Waals surface area contributed by atoms with Crippen LogP contribution in [0.15, 0.2) is 24.5 Å². The second-order valence-electron chi connectivity index (χ2n) is 1.81. The Morgan fingerprint density at radius 2 is 2.30 bits per heavy atom. The van der Waals surface area contributed by atoms with E-state index in [-0.39, 0.29) is 27.3 Å². The van der Waals surface area contributed by atoms with Crippen molar-refractivity contribution in [2.45, 2.75) is 0 Å². The van der Waals surface area contributed by atoms with Crippen molar-refractivity contribution in [3.05, 3.63) is 24.5 Å². The molecule has 10 heavy (non-hydrogen) atoms. The molecule has 0 aliphatic heterocycles. The van der Waals surface area contributed by atoms with Crippen molar-refractivity contribution in [2.75, 3.05) is 0 Å². The number of fused-ring (bicyclic) bond motifs is 1. The second-order valence-corrected chi connectivity index (χ2v) is 1.81. The minimum Gasteiger partial charge on any atom is -0.261 e. The number of aromatic nitrogens is 3. The quantitative estimate of drug-likeness (QED) is 0.720. The van der Waals surface area contributed by atoms with E-state index in [1.807, 2.05) is 12.1 Å². The molecule has 0 atom stereocenters. The predicted octanol–water partition coefficient (Wildman–Crippen LogP) is 0.577. The van der Waals surface area contributed by atoms with Crippen molar-refractivity contribution in [1.29, 1.82) is 0 Å². The molecule has 0 saturated carbocycles. The number of rotatable bonds is 0. The molecule has 2 rings (SSSR count). The van der Waals surface area contributed by atoms with Crippen molar-refractivity contribution in [3.8, 4) is 0 Å². The van der Waals surface area contributed by atoms with Crippen molar-refractivity contribution >= 4 is 38.3 Å². The number of nitrogens with one attached hydrogen (secondary N) is 1. The molecule has 4 radical (unpaired) electrons. The average Bonchev–Trinajstić information content (AvgIpc) is 2.33. The molecule has 0 unspecified atom stereocenters. The van der Waals surface area contributed by atoms with Gasteiger partial charge in [-0.1, -0.05) is 0 Å². The van der Waals surface area contributed by atoms with Crippen LogP contribution in [-0.2, 0) is 0 Å². The molecule has 0 aromatic carbocycles. The molecule has 0 spiro atoms. The SMILES string of the molecule is [Pb].c1cnc2[nH]ncc2c1. The van der Waals surface area contributed by atoms with Gasteiger partial charge in [0.15, 0.2) is 5.65 Å². The molecular weight excluding hydrogens is 321 g/mol. The topological polar surface area (TPSA) is 41.6 Å². The molecule has 2 heterocycles. The fraction of sp³-hybridized carbons (Fsp3) is 0. The first-order chi connectivity index (χ1) is 4.47. The van der Waals surface area contributed by atoms with Crippen LogP contribution in [-0.4, -0.2) is 42.5 Å². The van der Waals surface area contributed by atoms with Crippen molar-refractivity contribution in [3.63, 3.8) is 0 Å². The molecule has 2 aromatic rings. The van der Waals surface area contributed by atoms with Gasteiger partial charge in [-0.05, 0) is 12.1 Å². The summed E-state index contributed by atoms with van der Waals surface area (Å²) in [6.45, 7) is 0. The molecule has 0 aliphatic rings. The summed E-state index contributed by atoms with van der Waals surface area (Å²) in [4.78, 5) is 4.02. The molecule has 0 aliphatic carbocycles. The molecule has 3 nitrogen and oxygen atoms in total. The predicted molar refractivity (Wildman–Crippen MR) is 39.6 cm³/mol. The van der Waals surface area contributed by atoms with Gasteiger partial charge in [0, 0.05) is 38.9 Å². The number of pyridine rings is 1. The number of H-pyrrole nitrogens is 1. The molecule has 0 bridgehead atoms. The Morgan fingerprint density at radius 3 is 3.10 bits per heavy atom. The van der Waals surface area contributed by atoms with Gasteiger partial charge in [0.25, 0.3) is 0 Å². The van der Waals surface area contributed by atoms with Gasteiger partial charge in [0.05, 0.1) is 6.20 Å². The molecular formula is C6H5N3Pb. The Kier molecular flexibility index (Phi) is 2.36. The Balaban J connectivity index is 0.000000500. The van der Waals surface area contributed by atoms with E-state index in [0.29, 0.717) is 0 Å². The van der Waals surface area contributed by atoms with Crippen LogP contribution in [0.1, 0.15) is 0 Å². The van der Waals surface area contributed by atoms with Gasteiger partial charge in [0.2, 0.25) is 0 Å². The summed E-state index contributed by atoms with van der Waals surface area (Å²) in [6, 6.07) is 3.85. The van der Waals surface area contributed by atoms with Crippen LogP contribution in [0.5, 0.6) is 0 Å². The van der Waals surface area contributed by atoms with Crippen molar-refractivity contribution in [1.82, 2.24) is 15.2 Å². The summed E-state index contributed by atoms with van der Waals surface area (Å²) in [5, 5.41) is 7.63. The van der Waals surface area contributed by atoms with E-state index in [1.54, 1.807) is 12.4 Å². The third kappa shape index (κ3) is 1.18. The molecule has 0 saturated heterocycles. The zero-order chi connectivity index (χ0) is 6.10. The fourth-order valence-electron chi connectivity index (χ4n) is 0.778. The largest absolute Gasteiger partial charge is 0.261 e. The molecule has 4 heteroatoms. The van der Waals surface area contributed by atoms with Gasteiger partial charge >= 0.3 is 0 Å². The smallest absolute Gasteiger partial charge is 0.155 e. The summed E-state index contributed by atoms with van der Waals surface area (Å²) >= 11 is 0. The van der Waals surface area contributed by atoms with Crippen molar-refractivity contribution in [2.24, 2.45) is 0 Å². The first-order valence-electron chi connectivity index (χ1n) is 2.71. The number of hydrogen-bond acceptors (Lipinski definition) is 2. The van der Waals surface area contributed by atoms with Gasteiger partial charge in [-0.25, -0.2) is 4.98 Å². The molecule has 1 N–H and O–H groups in total. The zero-order valence-corrected chi connectivity index (χ0v) is 9.09. The Morgan fingerprint density at radius 1 is 1.40 bits per heavy atom. The van der Waals surface area contributed by atoms with Crippen LogP contribution in [0.3, 0.4) is 0 Å². The third-order valence-electron chi connectivity index (χ3n) is 1.21. The molecule has 0 amide bonds. The molecule has 48 valence electrons. The van der Waals surface area contributed by atoms with Crippen molar-refractivity contribution < 1.29 is 0 Å². The molecule has 2 aromatic heterocycles. The summed E-state index contributed by atoms with van der Waals surface area (Å²) in [7, 11) is 0. The van der Waals surface area contributed by atoms with E-state index >= 15 is 0 Å². The molecule has 0 fully saturated rings. The normalized spacial score (nSPS) is 9.20. The van der Waals surface area contributed by atoms with Gasteiger partial charge in [0.1, 0.15) is 0 Å². The maximum Gasteiger partial charge on any atom is 0.155 e. The summed E-state index contributed by atoms with van der Waals surface area (Å²) in [5.74, 6) is 0. The van der Waals surface area contributed by atoms with Crippen LogP contribution in [0.4, 0.5) is 0 Å². The van der Waals surface area contributed by atoms with Crippen LogP contribution >= 0.6 is 0 Å². The van der Waals surface area contributed by atoms with Gasteiger partial charge in [-0.15, -0.1) is 0 Å². The van der Waals surface area contributed by atoms with E-state index in [0.717, 1.165) is 11.0 Å². The van der Waals surface area contributed by atoms with Gasteiger partial charge in [-0.3, -0.25) is 5.10 Å². The Labute approximate surface area is 78.0 Å². The van der Waals surface area contributed by atoms with Crippen LogP contribution in [0.2, 0.25) is 0 Å². The number of hydrogen-bond donors (Lipinski definition) is 1. The monoisotopic (exact) mass is 327 g/mol. The van der Waals surface area contributed by atoms with Gasteiger partial charge in [-0.2, -0.15) is 5.10 Å². The van der Waals surface area contributed by atoms with Crippen LogP contribution < -0.4 is 0 Å². The van der Waals surface area contributed by atoms with E-state index in [4.69, 9.17) is 0 Å². The number of aromatic amines is 1. The third-order valence-corrected chi connectivity index (χ3v) is 1.21. The second kappa shape index (κ2) is 3.09. The Hall–Kier alpha value is -0.458. The maximum absolute atomic E-state index is 4.02. The fourth-order valence-corrected chi connectivity index (χ4v) is 0.778. The van der Waals surface area contributed by atoms with Gasteiger partial charge < -0.3 is 0 Å². The summed E-state index contributed by atoms with van der Waals surface area (Å²) in [6.07, 6.45) is 3.49. The summed E-state index contributed by atoms with van der Waals surface area (Å²) in [5.41, 5.74) is 0.845. The average molecular weight is 326 g/mol. The number of nitrogens with zero attached hydrogens (tertiary/aromatic N) is 2. The first-order valence-corrected chi connectivity index (χ1v) is 2.71. The van der Waals surface area contributed by atoms with E-state index in [9.17, 15) is 0 Å².